The number of urea groups is 1. The molecule has 0 saturated heterocycles. The SMILES string of the molecule is Cc1cccc(OCc2c(C)cccc2NC(=O)NN)n1. The number of nitrogens with two attached hydrogens (primary N) is 1. The Labute approximate surface area is 123 Å². The molecule has 0 spiro atoms. The number of nitrogens with zero attached hydrogens (tertiary/aromatic N) is 1. The van der Waals surface area contributed by atoms with Crippen LogP contribution in [-0.4, -0.2) is 11.0 Å². The van der Waals surface area contributed by atoms with E-state index in [1.54, 1.807) is 12.1 Å². The molecule has 0 fully saturated rings. The maximum atomic E-state index is 11.4. The molecule has 6 nitrogen and oxygen atoms in total. The van der Waals surface area contributed by atoms with Crippen molar-refractivity contribution < 1.29 is 9.53 Å². The molecule has 0 aliphatic carbocycles. The van der Waals surface area contributed by atoms with Gasteiger partial charge in [-0.3, -0.25) is 5.43 Å². The summed E-state index contributed by atoms with van der Waals surface area (Å²) in [6, 6.07) is 10.7. The number of rotatable bonds is 4. The van der Waals surface area contributed by atoms with E-state index >= 15 is 0 Å². The average Bonchev–Trinajstić information content (AvgIpc) is 2.46. The van der Waals surface area contributed by atoms with Gasteiger partial charge in [-0.15, -0.1) is 0 Å². The van der Waals surface area contributed by atoms with Gasteiger partial charge in [-0.1, -0.05) is 18.2 Å². The van der Waals surface area contributed by atoms with Gasteiger partial charge in [0.2, 0.25) is 5.88 Å². The highest BCUT2D eigenvalue weighted by atomic mass is 16.5. The van der Waals surface area contributed by atoms with E-state index < -0.39 is 6.03 Å². The van der Waals surface area contributed by atoms with Crippen LogP contribution in [0.15, 0.2) is 36.4 Å². The summed E-state index contributed by atoms with van der Waals surface area (Å²) >= 11 is 0. The number of amides is 2. The highest BCUT2D eigenvalue weighted by Gasteiger charge is 2.09. The van der Waals surface area contributed by atoms with Crippen molar-refractivity contribution in [3.63, 3.8) is 0 Å². The van der Waals surface area contributed by atoms with Crippen LogP contribution in [0.5, 0.6) is 5.88 Å². The molecule has 1 aromatic heterocycles. The van der Waals surface area contributed by atoms with Crippen LogP contribution in [0.2, 0.25) is 0 Å². The smallest absolute Gasteiger partial charge is 0.333 e. The van der Waals surface area contributed by atoms with Gasteiger partial charge in [0.05, 0.1) is 0 Å². The minimum absolute atomic E-state index is 0.309. The van der Waals surface area contributed by atoms with Crippen LogP contribution in [0.4, 0.5) is 10.5 Å². The molecule has 110 valence electrons. The molecule has 6 heteroatoms. The summed E-state index contributed by atoms with van der Waals surface area (Å²) < 4.78 is 5.70. The lowest BCUT2D eigenvalue weighted by Crippen LogP contribution is -2.34. The van der Waals surface area contributed by atoms with E-state index in [4.69, 9.17) is 10.6 Å². The summed E-state index contributed by atoms with van der Waals surface area (Å²) in [6.45, 7) is 4.16. The number of carbonyl (C=O) groups excluding carboxylic acids is 1. The van der Waals surface area contributed by atoms with Gasteiger partial charge in [-0.2, -0.15) is 0 Å². The van der Waals surface area contributed by atoms with Crippen LogP contribution in [0, 0.1) is 13.8 Å². The van der Waals surface area contributed by atoms with Gasteiger partial charge in [0.15, 0.2) is 0 Å². The van der Waals surface area contributed by atoms with E-state index in [-0.39, 0.29) is 0 Å². The summed E-state index contributed by atoms with van der Waals surface area (Å²) in [4.78, 5) is 15.6. The van der Waals surface area contributed by atoms with Crippen molar-refractivity contribution in [1.29, 1.82) is 0 Å². The molecule has 2 rings (SSSR count). The van der Waals surface area contributed by atoms with Crippen LogP contribution in [0.1, 0.15) is 16.8 Å². The molecule has 1 aromatic carbocycles. The Bertz CT molecular complexity index is 643. The molecule has 21 heavy (non-hydrogen) atoms. The fourth-order valence-corrected chi connectivity index (χ4v) is 1.91. The van der Waals surface area contributed by atoms with Crippen LogP contribution in [0.3, 0.4) is 0 Å². The van der Waals surface area contributed by atoms with E-state index in [9.17, 15) is 4.79 Å². The minimum atomic E-state index is -0.476. The fourth-order valence-electron chi connectivity index (χ4n) is 1.91. The van der Waals surface area contributed by atoms with Gasteiger partial charge in [0, 0.05) is 23.0 Å². The number of aromatic nitrogens is 1. The van der Waals surface area contributed by atoms with Crippen molar-refractivity contribution in [3.05, 3.63) is 53.2 Å². The zero-order valence-electron chi connectivity index (χ0n) is 12.0. The van der Waals surface area contributed by atoms with Gasteiger partial charge in [0.25, 0.3) is 0 Å². The van der Waals surface area contributed by atoms with Crippen LogP contribution in [0.25, 0.3) is 0 Å². The molecule has 4 N–H and O–H groups in total. The molecule has 0 saturated carbocycles. The summed E-state index contributed by atoms with van der Waals surface area (Å²) in [6.07, 6.45) is 0. The number of pyridine rings is 1. The van der Waals surface area contributed by atoms with Gasteiger partial charge in [0.1, 0.15) is 6.61 Å². The zero-order chi connectivity index (χ0) is 15.2. The van der Waals surface area contributed by atoms with Crippen molar-refractivity contribution in [3.8, 4) is 5.88 Å². The lowest BCUT2D eigenvalue weighted by atomic mass is 10.1. The third-order valence-electron chi connectivity index (χ3n) is 3.02. The number of hydrogen-bond acceptors (Lipinski definition) is 4. The normalized spacial score (nSPS) is 10.0. The first kappa shape index (κ1) is 14.8. The number of carbonyl (C=O) groups is 1. The highest BCUT2D eigenvalue weighted by molar-refractivity contribution is 5.89. The lowest BCUT2D eigenvalue weighted by molar-refractivity contribution is 0.252. The molecule has 0 unspecified atom stereocenters. The molecule has 0 aliphatic heterocycles. The van der Waals surface area contributed by atoms with Crippen molar-refractivity contribution in [2.24, 2.45) is 5.84 Å². The fraction of sp³-hybridized carbons (Fsp3) is 0.200. The monoisotopic (exact) mass is 286 g/mol. The van der Waals surface area contributed by atoms with Crippen molar-refractivity contribution in [2.45, 2.75) is 20.5 Å². The number of aryl methyl sites for hydroxylation is 2. The summed E-state index contributed by atoms with van der Waals surface area (Å²) in [5, 5.41) is 2.67. The first-order chi connectivity index (χ1) is 10.1. The first-order valence-corrected chi connectivity index (χ1v) is 6.52. The van der Waals surface area contributed by atoms with E-state index in [1.807, 2.05) is 43.5 Å². The second-order valence-electron chi connectivity index (χ2n) is 4.61. The Morgan fingerprint density at radius 3 is 2.71 bits per heavy atom. The molecule has 2 amide bonds. The van der Waals surface area contributed by atoms with E-state index in [0.29, 0.717) is 18.2 Å². The van der Waals surface area contributed by atoms with E-state index in [1.165, 1.54) is 0 Å². The van der Waals surface area contributed by atoms with Gasteiger partial charge < -0.3 is 10.1 Å². The zero-order valence-corrected chi connectivity index (χ0v) is 12.0. The Morgan fingerprint density at radius 2 is 2.00 bits per heavy atom. The Morgan fingerprint density at radius 1 is 1.24 bits per heavy atom. The first-order valence-electron chi connectivity index (χ1n) is 6.52. The van der Waals surface area contributed by atoms with E-state index in [2.05, 4.69) is 10.3 Å². The second kappa shape index (κ2) is 6.71. The van der Waals surface area contributed by atoms with Crippen molar-refractivity contribution >= 4 is 11.7 Å². The average molecular weight is 286 g/mol. The third-order valence-corrected chi connectivity index (χ3v) is 3.02. The predicted octanol–water partition coefficient (Wildman–Crippen LogP) is 2.27. The minimum Gasteiger partial charge on any atom is -0.473 e. The van der Waals surface area contributed by atoms with Crippen molar-refractivity contribution in [1.82, 2.24) is 10.4 Å². The molecule has 0 radical (unpaired) electrons. The largest absolute Gasteiger partial charge is 0.473 e. The molecule has 2 aromatic rings. The number of hydrazine groups is 1. The maximum Gasteiger partial charge on any atom is 0.333 e. The summed E-state index contributed by atoms with van der Waals surface area (Å²) in [7, 11) is 0. The molecular formula is C15H18N4O2. The van der Waals surface area contributed by atoms with Gasteiger partial charge in [-0.25, -0.2) is 15.6 Å². The van der Waals surface area contributed by atoms with Crippen molar-refractivity contribution in [2.75, 3.05) is 5.32 Å². The highest BCUT2D eigenvalue weighted by Crippen LogP contribution is 2.21. The lowest BCUT2D eigenvalue weighted by Gasteiger charge is -2.14. The number of anilines is 1. The topological polar surface area (TPSA) is 89.3 Å². The number of ether oxygens (including phenoxy) is 1. The standard InChI is InChI=1S/C15H18N4O2/c1-10-5-3-7-13(18-15(20)19-16)12(10)9-21-14-8-4-6-11(2)17-14/h3-8H,9,16H2,1-2H3,(H2,18,19,20). The van der Waals surface area contributed by atoms with Crippen LogP contribution < -0.4 is 21.3 Å². The van der Waals surface area contributed by atoms with Crippen LogP contribution >= 0.6 is 0 Å². The Hall–Kier alpha value is -2.60. The molecule has 0 aliphatic rings. The molecular weight excluding hydrogens is 268 g/mol. The Balaban J connectivity index is 2.16. The van der Waals surface area contributed by atoms with Crippen LogP contribution in [-0.2, 0) is 6.61 Å². The Kier molecular flexibility index (Phi) is 4.73. The van der Waals surface area contributed by atoms with Gasteiger partial charge in [-0.05, 0) is 31.5 Å². The third kappa shape index (κ3) is 3.93. The molecule has 0 bridgehead atoms. The predicted molar refractivity (Wildman–Crippen MR) is 80.8 cm³/mol. The number of nitrogens with one attached hydrogen (secondary N) is 2. The number of hydrogen-bond donors (Lipinski definition) is 3. The molecule has 0 atom stereocenters. The number of benzene rings is 1. The van der Waals surface area contributed by atoms with Gasteiger partial charge >= 0.3 is 6.03 Å². The maximum absolute atomic E-state index is 11.4. The quantitative estimate of drug-likeness (QED) is 0.457. The second-order valence-corrected chi connectivity index (χ2v) is 4.61. The van der Waals surface area contributed by atoms with E-state index in [0.717, 1.165) is 16.8 Å². The summed E-state index contributed by atoms with van der Waals surface area (Å²) in [5.41, 5.74) is 5.47. The molecule has 1 heterocycles. The summed E-state index contributed by atoms with van der Waals surface area (Å²) in [5.74, 6) is 5.63.